The van der Waals surface area contributed by atoms with Gasteiger partial charge in [-0.2, -0.15) is 0 Å². The molecule has 1 saturated carbocycles. The summed E-state index contributed by atoms with van der Waals surface area (Å²) in [5, 5.41) is 10.5. The first-order chi connectivity index (χ1) is 8.55. The second-order valence-corrected chi connectivity index (χ2v) is 5.59. The predicted octanol–water partition coefficient (Wildman–Crippen LogP) is 3.37. The van der Waals surface area contributed by atoms with Gasteiger partial charge in [0.15, 0.2) is 5.78 Å². The normalized spacial score (nSPS) is 28.1. The molecule has 1 aromatic carbocycles. The molecule has 1 fully saturated rings. The molecule has 0 saturated heterocycles. The fraction of sp³-hybridized carbons (Fsp3) is 0.562. The number of carbonyl (C=O) groups excluding carboxylic acids is 1. The van der Waals surface area contributed by atoms with Crippen molar-refractivity contribution in [3.8, 4) is 0 Å². The fourth-order valence-electron chi connectivity index (χ4n) is 2.63. The summed E-state index contributed by atoms with van der Waals surface area (Å²) in [6.45, 7) is 4.27. The van der Waals surface area contributed by atoms with Crippen LogP contribution in [0, 0.1) is 5.92 Å². The fourth-order valence-corrected chi connectivity index (χ4v) is 2.63. The molecule has 2 nitrogen and oxygen atoms in total. The number of aliphatic hydroxyl groups is 1. The van der Waals surface area contributed by atoms with E-state index in [4.69, 9.17) is 0 Å². The van der Waals surface area contributed by atoms with E-state index in [-0.39, 0.29) is 5.78 Å². The van der Waals surface area contributed by atoms with Crippen LogP contribution in [-0.4, -0.2) is 16.5 Å². The van der Waals surface area contributed by atoms with Crippen LogP contribution in [0.3, 0.4) is 0 Å². The molecule has 0 aromatic heterocycles. The molecular weight excluding hydrogens is 224 g/mol. The van der Waals surface area contributed by atoms with E-state index in [9.17, 15) is 9.90 Å². The number of hydrogen-bond acceptors (Lipinski definition) is 2. The molecule has 1 aliphatic carbocycles. The summed E-state index contributed by atoms with van der Waals surface area (Å²) in [4.78, 5) is 12.4. The highest BCUT2D eigenvalue weighted by Crippen LogP contribution is 2.34. The first kappa shape index (κ1) is 13.3. The van der Waals surface area contributed by atoms with Gasteiger partial charge in [0.2, 0.25) is 0 Å². The highest BCUT2D eigenvalue weighted by atomic mass is 16.3. The summed E-state index contributed by atoms with van der Waals surface area (Å²) in [6.07, 6.45) is 4.05. The highest BCUT2D eigenvalue weighted by Gasteiger charge is 2.39. The summed E-state index contributed by atoms with van der Waals surface area (Å²) < 4.78 is 0. The molecule has 0 heterocycles. The summed E-state index contributed by atoms with van der Waals surface area (Å²) >= 11 is 0. The summed E-state index contributed by atoms with van der Waals surface area (Å²) in [5.74, 6) is 0.526. The average Bonchev–Trinajstić information content (AvgIpc) is 2.41. The molecule has 2 rings (SSSR count). The van der Waals surface area contributed by atoms with E-state index in [2.05, 4.69) is 13.8 Å². The van der Waals surface area contributed by atoms with Crippen LogP contribution in [0.15, 0.2) is 24.3 Å². The van der Waals surface area contributed by atoms with Crippen LogP contribution in [0.1, 0.15) is 55.5 Å². The van der Waals surface area contributed by atoms with E-state index in [1.54, 1.807) is 0 Å². The lowest BCUT2D eigenvalue weighted by Gasteiger charge is -2.33. The van der Waals surface area contributed by atoms with Gasteiger partial charge in [0.1, 0.15) is 5.60 Å². The number of Topliss-reactive ketones (excluding diaryl/α,β-unsaturated/α-hetero) is 1. The Hall–Kier alpha value is -1.15. The average molecular weight is 246 g/mol. The molecule has 0 aliphatic heterocycles. The molecular formula is C16H22O2. The molecule has 0 spiro atoms. The largest absolute Gasteiger partial charge is 0.382 e. The molecule has 0 atom stereocenters. The van der Waals surface area contributed by atoms with Gasteiger partial charge < -0.3 is 5.11 Å². The van der Waals surface area contributed by atoms with E-state index in [1.165, 1.54) is 5.56 Å². The summed E-state index contributed by atoms with van der Waals surface area (Å²) in [6, 6.07) is 7.64. The molecule has 1 N–H and O–H groups in total. The van der Waals surface area contributed by atoms with Gasteiger partial charge in [-0.15, -0.1) is 0 Å². The van der Waals surface area contributed by atoms with Crippen molar-refractivity contribution in [2.45, 2.75) is 51.6 Å². The third-order valence-electron chi connectivity index (χ3n) is 4.15. The Balaban J connectivity index is 2.14. The minimum absolute atomic E-state index is 0.1000. The second kappa shape index (κ2) is 5.23. The Bertz CT molecular complexity index is 411. The van der Waals surface area contributed by atoms with Gasteiger partial charge in [0.25, 0.3) is 0 Å². The van der Waals surface area contributed by atoms with Gasteiger partial charge in [-0.25, -0.2) is 0 Å². The molecule has 0 radical (unpaired) electrons. The van der Waals surface area contributed by atoms with E-state index < -0.39 is 5.60 Å². The van der Waals surface area contributed by atoms with Crippen molar-refractivity contribution in [3.63, 3.8) is 0 Å². The zero-order valence-corrected chi connectivity index (χ0v) is 11.3. The molecule has 1 aromatic rings. The number of aryl methyl sites for hydroxylation is 1. The third-order valence-corrected chi connectivity index (χ3v) is 4.15. The molecule has 98 valence electrons. The minimum Gasteiger partial charge on any atom is -0.382 e. The maximum absolute atomic E-state index is 12.4. The Labute approximate surface area is 109 Å². The molecule has 0 amide bonds. The minimum atomic E-state index is -1.12. The Morgan fingerprint density at radius 1 is 1.28 bits per heavy atom. The van der Waals surface area contributed by atoms with Crippen molar-refractivity contribution >= 4 is 5.78 Å². The molecule has 1 aliphatic rings. The molecule has 0 unspecified atom stereocenters. The van der Waals surface area contributed by atoms with Crippen molar-refractivity contribution in [1.82, 2.24) is 0 Å². The first-order valence-corrected chi connectivity index (χ1v) is 6.91. The highest BCUT2D eigenvalue weighted by molar-refractivity contribution is 6.02. The number of carbonyl (C=O) groups is 1. The van der Waals surface area contributed by atoms with Gasteiger partial charge in [-0.05, 0) is 43.6 Å². The summed E-state index contributed by atoms with van der Waals surface area (Å²) in [5.41, 5.74) is 0.736. The number of rotatable bonds is 3. The standard InChI is InChI=1S/C16H22O2/c1-3-13-4-6-14(7-5-13)15(17)16(18)10-8-12(2)9-11-16/h4-7,12,18H,3,8-11H2,1-2H3. The topological polar surface area (TPSA) is 37.3 Å². The number of benzene rings is 1. The molecule has 18 heavy (non-hydrogen) atoms. The van der Waals surface area contributed by atoms with Gasteiger partial charge in [0, 0.05) is 5.56 Å². The van der Waals surface area contributed by atoms with Crippen molar-refractivity contribution in [3.05, 3.63) is 35.4 Å². The zero-order valence-electron chi connectivity index (χ0n) is 11.3. The Kier molecular flexibility index (Phi) is 3.86. The van der Waals surface area contributed by atoms with Crippen LogP contribution in [0.5, 0.6) is 0 Å². The van der Waals surface area contributed by atoms with E-state index >= 15 is 0 Å². The lowest BCUT2D eigenvalue weighted by atomic mass is 9.76. The van der Waals surface area contributed by atoms with Crippen LogP contribution in [-0.2, 0) is 6.42 Å². The number of ketones is 1. The smallest absolute Gasteiger partial charge is 0.194 e. The van der Waals surface area contributed by atoms with Crippen LogP contribution in [0.25, 0.3) is 0 Å². The van der Waals surface area contributed by atoms with Crippen molar-refractivity contribution in [2.24, 2.45) is 5.92 Å². The SMILES string of the molecule is CCc1ccc(C(=O)C2(O)CCC(C)CC2)cc1. The summed E-state index contributed by atoms with van der Waals surface area (Å²) in [7, 11) is 0. The van der Waals surface area contributed by atoms with Crippen LogP contribution < -0.4 is 0 Å². The third kappa shape index (κ3) is 2.64. The van der Waals surface area contributed by atoms with Gasteiger partial charge in [-0.1, -0.05) is 38.1 Å². The lowest BCUT2D eigenvalue weighted by Crippen LogP contribution is -2.41. The predicted molar refractivity (Wildman–Crippen MR) is 72.7 cm³/mol. The van der Waals surface area contributed by atoms with Crippen LogP contribution in [0.2, 0.25) is 0 Å². The van der Waals surface area contributed by atoms with E-state index in [1.807, 2.05) is 24.3 Å². The van der Waals surface area contributed by atoms with Gasteiger partial charge >= 0.3 is 0 Å². The Morgan fingerprint density at radius 3 is 2.33 bits per heavy atom. The zero-order chi connectivity index (χ0) is 13.2. The maximum Gasteiger partial charge on any atom is 0.194 e. The quantitative estimate of drug-likeness (QED) is 0.830. The number of hydrogen-bond donors (Lipinski definition) is 1. The van der Waals surface area contributed by atoms with Crippen molar-refractivity contribution in [2.75, 3.05) is 0 Å². The van der Waals surface area contributed by atoms with Gasteiger partial charge in [-0.3, -0.25) is 4.79 Å². The lowest BCUT2D eigenvalue weighted by molar-refractivity contribution is 0.00426. The van der Waals surface area contributed by atoms with Crippen LogP contribution in [0.4, 0.5) is 0 Å². The van der Waals surface area contributed by atoms with E-state index in [0.717, 1.165) is 19.3 Å². The Morgan fingerprint density at radius 2 is 1.83 bits per heavy atom. The van der Waals surface area contributed by atoms with Crippen molar-refractivity contribution in [1.29, 1.82) is 0 Å². The van der Waals surface area contributed by atoms with Crippen molar-refractivity contribution < 1.29 is 9.90 Å². The van der Waals surface area contributed by atoms with E-state index in [0.29, 0.717) is 24.3 Å². The maximum atomic E-state index is 12.4. The molecule has 2 heteroatoms. The van der Waals surface area contributed by atoms with Gasteiger partial charge in [0.05, 0.1) is 0 Å². The van der Waals surface area contributed by atoms with Crippen LogP contribution >= 0.6 is 0 Å². The second-order valence-electron chi connectivity index (χ2n) is 5.59. The first-order valence-electron chi connectivity index (χ1n) is 6.91. The molecule has 0 bridgehead atoms. The monoisotopic (exact) mass is 246 g/mol.